The van der Waals surface area contributed by atoms with Crippen molar-refractivity contribution in [2.24, 2.45) is 4.99 Å². The molecule has 8 nitrogen and oxygen atoms in total. The number of hydrogen-bond donors (Lipinski definition) is 2. The molecule has 27 heavy (non-hydrogen) atoms. The molecule has 0 aliphatic carbocycles. The number of benzene rings is 1. The number of carbonyl (C=O) groups is 1. The Labute approximate surface area is 157 Å². The molecule has 3 heterocycles. The Hall–Kier alpha value is -2.78. The van der Waals surface area contributed by atoms with Gasteiger partial charge in [0.15, 0.2) is 0 Å². The molecule has 9 heteroatoms. The fraction of sp³-hybridized carbons (Fsp3) is 0.278. The van der Waals surface area contributed by atoms with Crippen LogP contribution in [0.25, 0.3) is 0 Å². The number of hydrogen-bond acceptors (Lipinski definition) is 6. The fourth-order valence-electron chi connectivity index (χ4n) is 3.36. The van der Waals surface area contributed by atoms with Crippen LogP contribution in [0.5, 0.6) is 0 Å². The SMILES string of the molecule is O=C(CN=C1NS(=O)(=O)c2ccccc21)N1CCNCC1c1cccnc1. The fourth-order valence-corrected chi connectivity index (χ4v) is 4.61. The number of nitrogens with zero attached hydrogens (tertiary/aromatic N) is 3. The molecule has 2 aromatic rings. The highest BCUT2D eigenvalue weighted by molar-refractivity contribution is 7.90. The monoisotopic (exact) mass is 385 g/mol. The quantitative estimate of drug-likeness (QED) is 0.791. The lowest BCUT2D eigenvalue weighted by Gasteiger charge is -2.36. The molecular weight excluding hydrogens is 366 g/mol. The zero-order valence-corrected chi connectivity index (χ0v) is 15.3. The van der Waals surface area contributed by atoms with Gasteiger partial charge >= 0.3 is 0 Å². The van der Waals surface area contributed by atoms with Crippen LogP contribution in [-0.4, -0.2) is 56.2 Å². The van der Waals surface area contributed by atoms with Crippen LogP contribution in [0.3, 0.4) is 0 Å². The highest BCUT2D eigenvalue weighted by atomic mass is 32.2. The van der Waals surface area contributed by atoms with E-state index in [1.807, 2.05) is 12.1 Å². The predicted octanol–water partition coefficient (Wildman–Crippen LogP) is 0.293. The van der Waals surface area contributed by atoms with Crippen molar-refractivity contribution in [1.29, 1.82) is 0 Å². The largest absolute Gasteiger partial charge is 0.331 e. The van der Waals surface area contributed by atoms with E-state index in [-0.39, 0.29) is 29.2 Å². The maximum Gasteiger partial charge on any atom is 0.263 e. The average Bonchev–Trinajstić information content (AvgIpc) is 2.97. The van der Waals surface area contributed by atoms with Gasteiger partial charge in [-0.1, -0.05) is 18.2 Å². The molecule has 1 aromatic carbocycles. The second kappa shape index (κ2) is 7.09. The van der Waals surface area contributed by atoms with Gasteiger partial charge in [-0.25, -0.2) is 8.42 Å². The predicted molar refractivity (Wildman–Crippen MR) is 99.7 cm³/mol. The first-order chi connectivity index (χ1) is 13.1. The van der Waals surface area contributed by atoms with E-state index in [2.05, 4.69) is 20.0 Å². The summed E-state index contributed by atoms with van der Waals surface area (Å²) in [4.78, 5) is 23.2. The third kappa shape index (κ3) is 3.43. The number of piperazine rings is 1. The van der Waals surface area contributed by atoms with Gasteiger partial charge in [-0.2, -0.15) is 0 Å². The lowest BCUT2D eigenvalue weighted by atomic mass is 10.1. The Balaban J connectivity index is 1.55. The molecule has 1 fully saturated rings. The number of amidine groups is 1. The van der Waals surface area contributed by atoms with E-state index in [4.69, 9.17) is 0 Å². The van der Waals surface area contributed by atoms with Crippen LogP contribution in [0, 0.1) is 0 Å². The zero-order valence-electron chi connectivity index (χ0n) is 14.5. The molecule has 2 N–H and O–H groups in total. The van der Waals surface area contributed by atoms with Gasteiger partial charge in [0.05, 0.1) is 10.9 Å². The van der Waals surface area contributed by atoms with Crippen LogP contribution in [0.2, 0.25) is 0 Å². The molecule has 1 atom stereocenters. The first-order valence-electron chi connectivity index (χ1n) is 8.63. The second-order valence-corrected chi connectivity index (χ2v) is 8.01. The van der Waals surface area contributed by atoms with E-state index in [1.165, 1.54) is 6.07 Å². The Kier molecular flexibility index (Phi) is 4.63. The summed E-state index contributed by atoms with van der Waals surface area (Å²) in [7, 11) is -3.61. The van der Waals surface area contributed by atoms with Crippen LogP contribution in [-0.2, 0) is 14.8 Å². The topological polar surface area (TPSA) is 104 Å². The molecule has 0 bridgehead atoms. The van der Waals surface area contributed by atoms with Gasteiger partial charge < -0.3 is 10.2 Å². The molecule has 1 amide bonds. The minimum atomic E-state index is -3.61. The van der Waals surface area contributed by atoms with E-state index in [0.29, 0.717) is 25.2 Å². The molecule has 2 aliphatic rings. The number of fused-ring (bicyclic) bond motifs is 1. The molecule has 1 unspecified atom stereocenters. The summed E-state index contributed by atoms with van der Waals surface area (Å²) in [5, 5.41) is 3.29. The number of carbonyl (C=O) groups excluding carboxylic acids is 1. The summed E-state index contributed by atoms with van der Waals surface area (Å²) in [6, 6.07) is 10.3. The number of aliphatic imine (C=N–C) groups is 1. The Morgan fingerprint density at radius 2 is 2.11 bits per heavy atom. The summed E-state index contributed by atoms with van der Waals surface area (Å²) in [6.07, 6.45) is 3.45. The van der Waals surface area contributed by atoms with E-state index in [0.717, 1.165) is 5.56 Å². The summed E-state index contributed by atoms with van der Waals surface area (Å²) >= 11 is 0. The smallest absolute Gasteiger partial charge is 0.263 e. The van der Waals surface area contributed by atoms with Crippen molar-refractivity contribution in [1.82, 2.24) is 19.9 Å². The molecule has 0 spiro atoms. The van der Waals surface area contributed by atoms with Crippen molar-refractivity contribution in [2.45, 2.75) is 10.9 Å². The zero-order chi connectivity index (χ0) is 18.9. The highest BCUT2D eigenvalue weighted by Crippen LogP contribution is 2.23. The van der Waals surface area contributed by atoms with Crippen LogP contribution in [0.15, 0.2) is 58.7 Å². The third-order valence-electron chi connectivity index (χ3n) is 4.67. The van der Waals surface area contributed by atoms with Crippen molar-refractivity contribution < 1.29 is 13.2 Å². The van der Waals surface area contributed by atoms with E-state index in [1.54, 1.807) is 35.5 Å². The lowest BCUT2D eigenvalue weighted by Crippen LogP contribution is -2.49. The van der Waals surface area contributed by atoms with Gasteiger partial charge in [-0.05, 0) is 23.8 Å². The lowest BCUT2D eigenvalue weighted by molar-refractivity contribution is -0.132. The molecule has 1 aromatic heterocycles. The van der Waals surface area contributed by atoms with Gasteiger partial charge in [-0.15, -0.1) is 0 Å². The number of pyridine rings is 1. The van der Waals surface area contributed by atoms with E-state index < -0.39 is 10.0 Å². The summed E-state index contributed by atoms with van der Waals surface area (Å²) in [5.41, 5.74) is 1.45. The van der Waals surface area contributed by atoms with Crippen molar-refractivity contribution in [2.75, 3.05) is 26.2 Å². The molecule has 140 valence electrons. The molecular formula is C18H19N5O3S. The first-order valence-corrected chi connectivity index (χ1v) is 10.1. The highest BCUT2D eigenvalue weighted by Gasteiger charge is 2.31. The normalized spacial score (nSPS) is 22.3. The van der Waals surface area contributed by atoms with Crippen molar-refractivity contribution in [3.63, 3.8) is 0 Å². The summed E-state index contributed by atoms with van der Waals surface area (Å²) < 4.78 is 26.7. The van der Waals surface area contributed by atoms with Gasteiger partial charge in [0.2, 0.25) is 5.91 Å². The first kappa shape index (κ1) is 17.6. The molecule has 2 aliphatic heterocycles. The summed E-state index contributed by atoms with van der Waals surface area (Å²) in [5.74, 6) is 0.0634. The minimum Gasteiger partial charge on any atom is -0.331 e. The van der Waals surface area contributed by atoms with Crippen LogP contribution in [0.4, 0.5) is 0 Å². The number of nitrogens with one attached hydrogen (secondary N) is 2. The maximum absolute atomic E-state index is 12.8. The average molecular weight is 385 g/mol. The number of sulfonamides is 1. The van der Waals surface area contributed by atoms with Crippen molar-refractivity contribution in [3.05, 3.63) is 59.9 Å². The maximum atomic E-state index is 12.8. The van der Waals surface area contributed by atoms with Gasteiger partial charge in [-0.3, -0.25) is 19.5 Å². The van der Waals surface area contributed by atoms with E-state index in [9.17, 15) is 13.2 Å². The van der Waals surface area contributed by atoms with Crippen molar-refractivity contribution >= 4 is 21.8 Å². The summed E-state index contributed by atoms with van der Waals surface area (Å²) in [6.45, 7) is 1.78. The van der Waals surface area contributed by atoms with E-state index >= 15 is 0 Å². The van der Waals surface area contributed by atoms with Crippen LogP contribution >= 0.6 is 0 Å². The van der Waals surface area contributed by atoms with Crippen LogP contribution < -0.4 is 10.0 Å². The number of aromatic nitrogens is 1. The standard InChI is InChI=1S/C18H19N5O3S/c24-17(23-9-8-20-11-15(23)13-4-3-7-19-10-13)12-21-18-14-5-1-2-6-16(14)27(25,26)22-18/h1-7,10,15,20H,8-9,11-12H2,(H,21,22). The minimum absolute atomic E-state index is 0.118. The second-order valence-electron chi connectivity index (χ2n) is 6.36. The Bertz CT molecular complexity index is 991. The Morgan fingerprint density at radius 1 is 1.26 bits per heavy atom. The molecule has 1 saturated heterocycles. The van der Waals surface area contributed by atoms with Crippen LogP contribution in [0.1, 0.15) is 17.2 Å². The van der Waals surface area contributed by atoms with Gasteiger partial charge in [0.25, 0.3) is 10.0 Å². The number of rotatable bonds is 3. The molecule has 0 radical (unpaired) electrons. The number of amides is 1. The van der Waals surface area contributed by atoms with Crippen molar-refractivity contribution in [3.8, 4) is 0 Å². The molecule has 0 saturated carbocycles. The molecule has 4 rings (SSSR count). The van der Waals surface area contributed by atoms with Gasteiger partial charge in [0, 0.05) is 37.6 Å². The third-order valence-corrected chi connectivity index (χ3v) is 6.07. The Morgan fingerprint density at radius 3 is 2.93 bits per heavy atom. The van der Waals surface area contributed by atoms with Gasteiger partial charge in [0.1, 0.15) is 12.4 Å².